The van der Waals surface area contributed by atoms with E-state index in [1.807, 2.05) is 6.92 Å². The van der Waals surface area contributed by atoms with Gasteiger partial charge in [0.25, 0.3) is 0 Å². The molecule has 1 aliphatic rings. The van der Waals surface area contributed by atoms with Gasteiger partial charge in [0.05, 0.1) is 6.26 Å². The van der Waals surface area contributed by atoms with Crippen LogP contribution in [0.3, 0.4) is 0 Å². The quantitative estimate of drug-likeness (QED) is 0.870. The third kappa shape index (κ3) is 3.33. The Morgan fingerprint density at radius 1 is 1.41 bits per heavy atom. The number of furan rings is 1. The molecule has 0 aliphatic carbocycles. The van der Waals surface area contributed by atoms with Gasteiger partial charge in [0.1, 0.15) is 5.76 Å². The van der Waals surface area contributed by atoms with Crippen molar-refractivity contribution in [1.82, 2.24) is 10.2 Å². The van der Waals surface area contributed by atoms with Gasteiger partial charge in [-0.25, -0.2) is 0 Å². The summed E-state index contributed by atoms with van der Waals surface area (Å²) in [6, 6.07) is 2.08. The van der Waals surface area contributed by atoms with Crippen molar-refractivity contribution >= 4 is 0 Å². The van der Waals surface area contributed by atoms with Gasteiger partial charge in [0.15, 0.2) is 0 Å². The molecule has 2 rings (SSSR count). The van der Waals surface area contributed by atoms with Crippen LogP contribution >= 0.6 is 0 Å². The van der Waals surface area contributed by atoms with Crippen LogP contribution in [0.2, 0.25) is 0 Å². The Morgan fingerprint density at radius 2 is 2.12 bits per heavy atom. The normalized spacial score (nSPS) is 19.8. The van der Waals surface area contributed by atoms with Crippen molar-refractivity contribution in [2.45, 2.75) is 33.2 Å². The minimum absolute atomic E-state index is 0.470. The fourth-order valence-electron chi connectivity index (χ4n) is 2.76. The summed E-state index contributed by atoms with van der Waals surface area (Å²) in [7, 11) is 2.21. The van der Waals surface area contributed by atoms with Gasteiger partial charge >= 0.3 is 0 Å². The highest BCUT2D eigenvalue weighted by atomic mass is 16.3. The van der Waals surface area contributed by atoms with E-state index in [9.17, 15) is 0 Å². The SMILES string of the molecule is Cc1occc1CN(C)CC1(C)CCNCC1. The molecule has 1 N–H and O–H groups in total. The average Bonchev–Trinajstić information content (AvgIpc) is 2.64. The maximum absolute atomic E-state index is 5.34. The summed E-state index contributed by atoms with van der Waals surface area (Å²) in [5, 5.41) is 3.43. The summed E-state index contributed by atoms with van der Waals surface area (Å²) in [6.07, 6.45) is 4.34. The smallest absolute Gasteiger partial charge is 0.105 e. The zero-order valence-corrected chi connectivity index (χ0v) is 11.3. The van der Waals surface area contributed by atoms with Crippen molar-refractivity contribution < 1.29 is 4.42 Å². The number of nitrogens with one attached hydrogen (secondary N) is 1. The molecule has 1 aliphatic heterocycles. The lowest BCUT2D eigenvalue weighted by Crippen LogP contribution is -2.41. The summed E-state index contributed by atoms with van der Waals surface area (Å²) >= 11 is 0. The first-order chi connectivity index (χ1) is 8.09. The second-order valence-electron chi connectivity index (χ2n) is 5.73. The Kier molecular flexibility index (Phi) is 3.89. The highest BCUT2D eigenvalue weighted by molar-refractivity contribution is 5.15. The number of nitrogens with zero attached hydrogens (tertiary/aromatic N) is 1. The van der Waals surface area contributed by atoms with E-state index in [1.54, 1.807) is 6.26 Å². The van der Waals surface area contributed by atoms with Gasteiger partial charge < -0.3 is 14.6 Å². The van der Waals surface area contributed by atoms with Gasteiger partial charge in [0.2, 0.25) is 0 Å². The van der Waals surface area contributed by atoms with Crippen LogP contribution in [0.15, 0.2) is 16.7 Å². The third-order valence-electron chi connectivity index (χ3n) is 3.87. The average molecular weight is 236 g/mol. The van der Waals surface area contributed by atoms with E-state index in [1.165, 1.54) is 24.9 Å². The van der Waals surface area contributed by atoms with Gasteiger partial charge in [-0.15, -0.1) is 0 Å². The molecule has 0 unspecified atom stereocenters. The van der Waals surface area contributed by atoms with Crippen LogP contribution in [0.5, 0.6) is 0 Å². The standard InChI is InChI=1S/C14H24N2O/c1-12-13(4-9-17-12)10-16(3)11-14(2)5-7-15-8-6-14/h4,9,15H,5-8,10-11H2,1-3H3. The van der Waals surface area contributed by atoms with Gasteiger partial charge in [-0.05, 0) is 51.4 Å². The van der Waals surface area contributed by atoms with E-state index in [4.69, 9.17) is 4.42 Å². The highest BCUT2D eigenvalue weighted by Gasteiger charge is 2.28. The van der Waals surface area contributed by atoms with E-state index < -0.39 is 0 Å². The highest BCUT2D eigenvalue weighted by Crippen LogP contribution is 2.29. The maximum atomic E-state index is 5.34. The molecule has 1 fully saturated rings. The Balaban J connectivity index is 1.88. The molecule has 17 heavy (non-hydrogen) atoms. The third-order valence-corrected chi connectivity index (χ3v) is 3.87. The first-order valence-electron chi connectivity index (χ1n) is 6.51. The van der Waals surface area contributed by atoms with Crippen molar-refractivity contribution in [2.24, 2.45) is 5.41 Å². The van der Waals surface area contributed by atoms with Crippen molar-refractivity contribution in [1.29, 1.82) is 0 Å². The fourth-order valence-corrected chi connectivity index (χ4v) is 2.76. The summed E-state index contributed by atoms with van der Waals surface area (Å²) in [4.78, 5) is 2.42. The monoisotopic (exact) mass is 236 g/mol. The largest absolute Gasteiger partial charge is 0.469 e. The minimum Gasteiger partial charge on any atom is -0.469 e. The molecule has 1 aromatic heterocycles. The first kappa shape index (κ1) is 12.7. The maximum Gasteiger partial charge on any atom is 0.105 e. The van der Waals surface area contributed by atoms with Crippen molar-refractivity contribution in [3.63, 3.8) is 0 Å². The predicted octanol–water partition coefficient (Wildman–Crippen LogP) is 2.41. The van der Waals surface area contributed by atoms with E-state index >= 15 is 0 Å². The molecule has 0 saturated carbocycles. The lowest BCUT2D eigenvalue weighted by atomic mass is 9.80. The molecule has 96 valence electrons. The lowest BCUT2D eigenvalue weighted by Gasteiger charge is -2.37. The molecule has 0 atom stereocenters. The number of hydrogen-bond acceptors (Lipinski definition) is 3. The first-order valence-corrected chi connectivity index (χ1v) is 6.51. The van der Waals surface area contributed by atoms with Gasteiger partial charge in [-0.1, -0.05) is 6.92 Å². The van der Waals surface area contributed by atoms with Crippen LogP contribution in [0, 0.1) is 12.3 Å². The van der Waals surface area contributed by atoms with E-state index in [-0.39, 0.29) is 0 Å². The van der Waals surface area contributed by atoms with Crippen molar-refractivity contribution in [3.8, 4) is 0 Å². The zero-order chi connectivity index (χ0) is 12.3. The summed E-state index contributed by atoms with van der Waals surface area (Å²) in [6.45, 7) is 8.93. The van der Waals surface area contributed by atoms with Gasteiger partial charge in [-0.2, -0.15) is 0 Å². The topological polar surface area (TPSA) is 28.4 Å². The second kappa shape index (κ2) is 5.23. The number of hydrogen-bond donors (Lipinski definition) is 1. The van der Waals surface area contributed by atoms with Crippen molar-refractivity contribution in [2.75, 3.05) is 26.7 Å². The van der Waals surface area contributed by atoms with Crippen LogP contribution in [0.25, 0.3) is 0 Å². The molecular weight excluding hydrogens is 212 g/mol. The number of aryl methyl sites for hydroxylation is 1. The Labute approximate surface area is 104 Å². The van der Waals surface area contributed by atoms with Gasteiger partial charge in [0, 0.05) is 18.7 Å². The summed E-state index contributed by atoms with van der Waals surface area (Å²) < 4.78 is 5.34. The molecule has 2 heterocycles. The Hall–Kier alpha value is -0.800. The Bertz CT molecular complexity index is 353. The lowest BCUT2D eigenvalue weighted by molar-refractivity contribution is 0.143. The minimum atomic E-state index is 0.470. The van der Waals surface area contributed by atoms with Crippen LogP contribution in [0.4, 0.5) is 0 Å². The molecular formula is C14H24N2O. The molecule has 0 spiro atoms. The molecule has 3 heteroatoms. The molecule has 0 aromatic carbocycles. The molecule has 0 radical (unpaired) electrons. The van der Waals surface area contributed by atoms with Crippen LogP contribution in [-0.4, -0.2) is 31.6 Å². The number of rotatable bonds is 4. The van der Waals surface area contributed by atoms with E-state index in [0.717, 1.165) is 25.4 Å². The number of piperidine rings is 1. The molecule has 1 saturated heterocycles. The molecule has 0 amide bonds. The fraction of sp³-hybridized carbons (Fsp3) is 0.714. The molecule has 1 aromatic rings. The molecule has 0 bridgehead atoms. The van der Waals surface area contributed by atoms with E-state index in [0.29, 0.717) is 5.41 Å². The summed E-state index contributed by atoms with van der Waals surface area (Å²) in [5.41, 5.74) is 1.78. The Morgan fingerprint density at radius 3 is 2.71 bits per heavy atom. The summed E-state index contributed by atoms with van der Waals surface area (Å²) in [5.74, 6) is 1.05. The van der Waals surface area contributed by atoms with Crippen LogP contribution in [-0.2, 0) is 6.54 Å². The predicted molar refractivity (Wildman–Crippen MR) is 70.0 cm³/mol. The van der Waals surface area contributed by atoms with Crippen molar-refractivity contribution in [3.05, 3.63) is 23.7 Å². The van der Waals surface area contributed by atoms with Crippen LogP contribution in [0.1, 0.15) is 31.1 Å². The second-order valence-corrected chi connectivity index (χ2v) is 5.73. The molecule has 3 nitrogen and oxygen atoms in total. The van der Waals surface area contributed by atoms with Crippen LogP contribution < -0.4 is 5.32 Å². The zero-order valence-electron chi connectivity index (χ0n) is 11.3. The van der Waals surface area contributed by atoms with E-state index in [2.05, 4.69) is 30.3 Å². The van der Waals surface area contributed by atoms with Gasteiger partial charge in [-0.3, -0.25) is 0 Å².